The molecule has 1 atom stereocenters. The first-order valence-corrected chi connectivity index (χ1v) is 7.85. The molecule has 1 unspecified atom stereocenters. The molecule has 7 heteroatoms. The summed E-state index contributed by atoms with van der Waals surface area (Å²) in [6, 6.07) is 0. The first-order valence-electron chi connectivity index (χ1n) is 7.85. The number of hydrogen-bond acceptors (Lipinski definition) is 3. The van der Waals surface area contributed by atoms with Crippen molar-refractivity contribution >= 4 is 17.9 Å². The molecule has 0 radical (unpaired) electrons. The first-order chi connectivity index (χ1) is 12.5. The number of rotatable bonds is 0. The Kier molecular flexibility index (Phi) is 17.4. The molecular formula is C21H23O6Ti-. The van der Waals surface area contributed by atoms with Gasteiger partial charge in [0, 0.05) is 39.5 Å². The number of hydrogen-bond donors (Lipinski definition) is 3. The predicted molar refractivity (Wildman–Crippen MR) is 102 cm³/mol. The SMILES string of the molecule is C#CC(=O)O.C#CC(=O)O.C#CC(=O)O.CC1=C(C)C(C)C2=C1[CH-]CCC2.[Ti]. The van der Waals surface area contributed by atoms with Crippen LogP contribution in [-0.4, -0.2) is 33.2 Å². The summed E-state index contributed by atoms with van der Waals surface area (Å²) < 4.78 is 0. The van der Waals surface area contributed by atoms with Gasteiger partial charge in [-0.25, -0.2) is 14.4 Å². The Morgan fingerprint density at radius 3 is 1.61 bits per heavy atom. The second kappa shape index (κ2) is 16.3. The maximum absolute atomic E-state index is 9.13. The minimum atomic E-state index is -1.22. The van der Waals surface area contributed by atoms with Crippen LogP contribution < -0.4 is 0 Å². The summed E-state index contributed by atoms with van der Waals surface area (Å²) in [5.41, 5.74) is 6.44. The molecule has 0 aromatic heterocycles. The summed E-state index contributed by atoms with van der Waals surface area (Å²) in [4.78, 5) is 27.4. The van der Waals surface area contributed by atoms with Crippen LogP contribution in [-0.2, 0) is 36.1 Å². The molecule has 0 fully saturated rings. The largest absolute Gasteiger partial charge is 0.472 e. The Labute approximate surface area is 181 Å². The van der Waals surface area contributed by atoms with Gasteiger partial charge >= 0.3 is 17.9 Å². The van der Waals surface area contributed by atoms with Crippen LogP contribution in [0.25, 0.3) is 0 Å². The van der Waals surface area contributed by atoms with Crippen molar-refractivity contribution in [3.8, 4) is 37.0 Å². The molecular weight excluding hydrogens is 396 g/mol. The van der Waals surface area contributed by atoms with Crippen LogP contribution in [0.2, 0.25) is 0 Å². The van der Waals surface area contributed by atoms with E-state index in [4.69, 9.17) is 29.7 Å². The van der Waals surface area contributed by atoms with Crippen molar-refractivity contribution in [3.05, 3.63) is 28.7 Å². The molecule has 0 aromatic carbocycles. The summed E-state index contributed by atoms with van der Waals surface area (Å²) >= 11 is 0. The summed E-state index contributed by atoms with van der Waals surface area (Å²) in [7, 11) is 0. The number of carboxylic acids is 3. The maximum Gasteiger partial charge on any atom is 0.381 e. The first kappa shape index (κ1) is 29.9. The Morgan fingerprint density at radius 1 is 0.964 bits per heavy atom. The average Bonchev–Trinajstić information content (AvgIpc) is 2.87. The zero-order valence-corrected chi connectivity index (χ0v) is 17.6. The van der Waals surface area contributed by atoms with Crippen molar-refractivity contribution in [2.45, 2.75) is 40.0 Å². The van der Waals surface area contributed by atoms with Gasteiger partial charge in [-0.15, -0.1) is 24.8 Å². The third-order valence-electron chi connectivity index (χ3n) is 3.88. The number of terminal acetylenes is 3. The van der Waals surface area contributed by atoms with Gasteiger partial charge in [-0.1, -0.05) is 46.0 Å². The van der Waals surface area contributed by atoms with Crippen molar-refractivity contribution < 1.29 is 51.4 Å². The van der Waals surface area contributed by atoms with Gasteiger partial charge in [0.05, 0.1) is 0 Å². The van der Waals surface area contributed by atoms with Gasteiger partial charge in [-0.05, 0) is 0 Å². The van der Waals surface area contributed by atoms with Crippen LogP contribution in [0.1, 0.15) is 40.0 Å². The molecule has 2 aliphatic rings. The zero-order valence-electron chi connectivity index (χ0n) is 16.1. The quantitative estimate of drug-likeness (QED) is 0.316. The topological polar surface area (TPSA) is 112 Å². The molecule has 0 saturated carbocycles. The van der Waals surface area contributed by atoms with Crippen molar-refractivity contribution in [3.63, 3.8) is 0 Å². The Bertz CT molecular complexity index is 696. The van der Waals surface area contributed by atoms with Crippen molar-refractivity contribution in [2.24, 2.45) is 5.92 Å². The van der Waals surface area contributed by atoms with E-state index in [0.717, 1.165) is 5.92 Å². The molecule has 0 saturated heterocycles. The second-order valence-electron chi connectivity index (χ2n) is 5.41. The molecule has 148 valence electrons. The molecule has 2 rings (SSSR count). The minimum Gasteiger partial charge on any atom is -0.472 e. The fourth-order valence-corrected chi connectivity index (χ4v) is 2.45. The minimum absolute atomic E-state index is 0. The van der Waals surface area contributed by atoms with Crippen LogP contribution in [0.4, 0.5) is 0 Å². The second-order valence-corrected chi connectivity index (χ2v) is 5.41. The fourth-order valence-electron chi connectivity index (χ4n) is 2.45. The Balaban J connectivity index is -0.000000334. The van der Waals surface area contributed by atoms with Gasteiger partial charge in [0.15, 0.2) is 0 Å². The van der Waals surface area contributed by atoms with Gasteiger partial charge < -0.3 is 15.3 Å². The Hall–Kier alpha value is -2.85. The predicted octanol–water partition coefficient (Wildman–Crippen LogP) is 2.77. The third-order valence-corrected chi connectivity index (χ3v) is 3.88. The molecule has 2 aliphatic carbocycles. The summed E-state index contributed by atoms with van der Waals surface area (Å²) in [5.74, 6) is 1.41. The number of carbonyl (C=O) groups is 3. The molecule has 0 heterocycles. The zero-order chi connectivity index (χ0) is 21.6. The van der Waals surface area contributed by atoms with E-state index in [0.29, 0.717) is 0 Å². The van der Waals surface area contributed by atoms with E-state index in [-0.39, 0.29) is 21.7 Å². The van der Waals surface area contributed by atoms with E-state index in [1.54, 1.807) is 22.3 Å². The molecule has 3 N–H and O–H groups in total. The molecule has 0 amide bonds. The number of aliphatic carboxylic acids is 3. The smallest absolute Gasteiger partial charge is 0.381 e. The number of allylic oxidation sites excluding steroid dienone is 4. The van der Waals surface area contributed by atoms with Crippen LogP contribution >= 0.6 is 0 Å². The van der Waals surface area contributed by atoms with Crippen LogP contribution in [0.5, 0.6) is 0 Å². The summed E-state index contributed by atoms with van der Waals surface area (Å²) in [6.07, 6.45) is 19.4. The van der Waals surface area contributed by atoms with Gasteiger partial charge in [0.25, 0.3) is 0 Å². The van der Waals surface area contributed by atoms with Gasteiger partial charge in [-0.3, -0.25) is 0 Å². The molecule has 6 nitrogen and oxygen atoms in total. The average molecular weight is 419 g/mol. The summed E-state index contributed by atoms with van der Waals surface area (Å²) in [6.45, 7) is 6.91. The monoisotopic (exact) mass is 419 g/mol. The van der Waals surface area contributed by atoms with Crippen molar-refractivity contribution in [2.75, 3.05) is 0 Å². The third kappa shape index (κ3) is 12.5. The fraction of sp³-hybridized carbons (Fsp3) is 0.333. The number of carboxylic acid groups (broad SMARTS) is 3. The molecule has 28 heavy (non-hydrogen) atoms. The molecule has 0 spiro atoms. The standard InChI is InChI=1S/C12H17.3C3H2O2.Ti/c1-8-9(2)11-6-4-5-7-12(11)10(8)3;3*1-2-3(4)5;/h6,10H,4-5,7H2,1-3H3;3*1H,(H,4,5);/q-1;;;;. The van der Waals surface area contributed by atoms with E-state index in [1.807, 2.05) is 0 Å². The van der Waals surface area contributed by atoms with Crippen LogP contribution in [0.15, 0.2) is 22.3 Å². The van der Waals surface area contributed by atoms with E-state index in [9.17, 15) is 0 Å². The van der Waals surface area contributed by atoms with Crippen molar-refractivity contribution in [1.29, 1.82) is 0 Å². The normalized spacial score (nSPS) is 15.4. The molecule has 0 bridgehead atoms. The molecule has 0 aliphatic heterocycles. The van der Waals surface area contributed by atoms with Crippen LogP contribution in [0.3, 0.4) is 0 Å². The van der Waals surface area contributed by atoms with Gasteiger partial charge in [0.1, 0.15) is 0 Å². The maximum atomic E-state index is 9.13. The van der Waals surface area contributed by atoms with E-state index in [2.05, 4.69) is 46.5 Å². The van der Waals surface area contributed by atoms with Crippen molar-refractivity contribution in [1.82, 2.24) is 0 Å². The summed E-state index contributed by atoms with van der Waals surface area (Å²) in [5, 5.41) is 22.5. The van der Waals surface area contributed by atoms with Gasteiger partial charge in [-0.2, -0.15) is 23.1 Å². The molecule has 0 aromatic rings. The van der Waals surface area contributed by atoms with Gasteiger partial charge in [0.2, 0.25) is 0 Å². The van der Waals surface area contributed by atoms with E-state index >= 15 is 0 Å². The van der Waals surface area contributed by atoms with Crippen LogP contribution in [0, 0.1) is 49.4 Å². The van der Waals surface area contributed by atoms with E-state index in [1.165, 1.54) is 37.0 Å². The Morgan fingerprint density at radius 2 is 1.32 bits per heavy atom. The van der Waals surface area contributed by atoms with E-state index < -0.39 is 17.9 Å².